The molecule has 2 aromatic carbocycles. The van der Waals surface area contributed by atoms with Gasteiger partial charge in [0.15, 0.2) is 0 Å². The molecular formula is C23H26Cl4N2O2S. The summed E-state index contributed by atoms with van der Waals surface area (Å²) in [6, 6.07) is 9.86. The number of carbonyl (C=O) groups is 2. The number of benzene rings is 2. The van der Waals surface area contributed by atoms with E-state index in [0.29, 0.717) is 25.8 Å². The van der Waals surface area contributed by atoms with Gasteiger partial charge < -0.3 is 10.2 Å². The summed E-state index contributed by atoms with van der Waals surface area (Å²) in [7, 11) is 0. The molecule has 32 heavy (non-hydrogen) atoms. The monoisotopic (exact) mass is 534 g/mol. The van der Waals surface area contributed by atoms with Crippen molar-refractivity contribution in [3.05, 3.63) is 67.6 Å². The zero-order valence-electron chi connectivity index (χ0n) is 18.1. The summed E-state index contributed by atoms with van der Waals surface area (Å²) < 4.78 is 0. The van der Waals surface area contributed by atoms with Crippen molar-refractivity contribution in [3.8, 4) is 0 Å². The summed E-state index contributed by atoms with van der Waals surface area (Å²) >= 11 is 25.8. The van der Waals surface area contributed by atoms with E-state index < -0.39 is 6.04 Å². The summed E-state index contributed by atoms with van der Waals surface area (Å²) in [5.74, 6) is 0.397. The smallest absolute Gasteiger partial charge is 0.242 e. The van der Waals surface area contributed by atoms with Gasteiger partial charge in [0.05, 0.1) is 15.8 Å². The largest absolute Gasteiger partial charge is 0.352 e. The molecule has 2 atom stereocenters. The van der Waals surface area contributed by atoms with Gasteiger partial charge in [-0.05, 0) is 55.7 Å². The van der Waals surface area contributed by atoms with Gasteiger partial charge in [-0.2, -0.15) is 0 Å². The van der Waals surface area contributed by atoms with E-state index in [4.69, 9.17) is 46.4 Å². The van der Waals surface area contributed by atoms with E-state index in [2.05, 4.69) is 5.32 Å². The average Bonchev–Trinajstić information content (AvgIpc) is 2.75. The van der Waals surface area contributed by atoms with E-state index in [1.807, 2.05) is 19.9 Å². The second kappa shape index (κ2) is 13.0. The van der Waals surface area contributed by atoms with Gasteiger partial charge >= 0.3 is 0 Å². The zero-order chi connectivity index (χ0) is 23.8. The molecule has 0 spiro atoms. The van der Waals surface area contributed by atoms with Crippen molar-refractivity contribution in [1.29, 1.82) is 0 Å². The van der Waals surface area contributed by atoms with Crippen molar-refractivity contribution < 1.29 is 9.59 Å². The van der Waals surface area contributed by atoms with E-state index in [1.54, 1.807) is 42.2 Å². The van der Waals surface area contributed by atoms with E-state index in [0.717, 1.165) is 17.5 Å². The minimum Gasteiger partial charge on any atom is -0.352 e. The van der Waals surface area contributed by atoms with Crippen LogP contribution in [0, 0.1) is 0 Å². The predicted octanol–water partition coefficient (Wildman–Crippen LogP) is 6.87. The van der Waals surface area contributed by atoms with Crippen molar-refractivity contribution in [3.63, 3.8) is 0 Å². The first-order valence-corrected chi connectivity index (χ1v) is 12.8. The molecule has 174 valence electrons. The summed E-state index contributed by atoms with van der Waals surface area (Å²) in [4.78, 5) is 27.5. The fourth-order valence-corrected chi connectivity index (χ4v) is 4.64. The summed E-state index contributed by atoms with van der Waals surface area (Å²) in [5.41, 5.74) is 1.69. The lowest BCUT2D eigenvalue weighted by molar-refractivity contribution is -0.138. The van der Waals surface area contributed by atoms with Crippen LogP contribution >= 0.6 is 58.2 Å². The number of hydrogen-bond donors (Lipinski definition) is 1. The van der Waals surface area contributed by atoms with Gasteiger partial charge in [-0.1, -0.05) is 65.5 Å². The van der Waals surface area contributed by atoms with E-state index in [1.165, 1.54) is 11.8 Å². The molecule has 0 saturated carbocycles. The second-order valence-electron chi connectivity index (χ2n) is 7.49. The highest BCUT2D eigenvalue weighted by molar-refractivity contribution is 7.99. The second-order valence-corrected chi connectivity index (χ2v) is 10.1. The highest BCUT2D eigenvalue weighted by Crippen LogP contribution is 2.26. The fourth-order valence-electron chi connectivity index (χ4n) is 2.85. The minimum absolute atomic E-state index is 0.0216. The van der Waals surface area contributed by atoms with Gasteiger partial charge in [-0.25, -0.2) is 0 Å². The Morgan fingerprint density at radius 1 is 1.00 bits per heavy atom. The van der Waals surface area contributed by atoms with Crippen LogP contribution in [0.25, 0.3) is 0 Å². The molecule has 0 bridgehead atoms. The maximum atomic E-state index is 13.1. The molecule has 0 heterocycles. The van der Waals surface area contributed by atoms with Gasteiger partial charge in [0.1, 0.15) is 6.04 Å². The molecule has 2 amide bonds. The Balaban J connectivity index is 2.13. The molecule has 0 radical (unpaired) electrons. The van der Waals surface area contributed by atoms with Gasteiger partial charge in [0.2, 0.25) is 11.8 Å². The van der Waals surface area contributed by atoms with E-state index in [-0.39, 0.29) is 30.2 Å². The number of amides is 2. The Hall–Kier alpha value is -1.11. The Morgan fingerprint density at radius 3 is 2.34 bits per heavy atom. The summed E-state index contributed by atoms with van der Waals surface area (Å²) in [5, 5.41) is 4.91. The third-order valence-electron chi connectivity index (χ3n) is 5.00. The van der Waals surface area contributed by atoms with E-state index >= 15 is 0 Å². The first kappa shape index (κ1) is 27.1. The zero-order valence-corrected chi connectivity index (χ0v) is 22.0. The van der Waals surface area contributed by atoms with Crippen LogP contribution in [0.1, 0.15) is 38.3 Å². The molecule has 9 heteroatoms. The standard InChI is InChI=1S/C23H26Cl4N2O2S/c1-4-14(2)28-23(31)15(3)29(11-16-5-8-19(25)21(27)9-16)22(30)13-32-12-17-6-7-18(24)10-20(17)26/h5-10,14-15H,4,11-13H2,1-3H3,(H,28,31)/t14-,15+/m0/s1. The quantitative estimate of drug-likeness (QED) is 0.361. The number of hydrogen-bond acceptors (Lipinski definition) is 3. The average molecular weight is 536 g/mol. The van der Waals surface area contributed by atoms with Gasteiger partial charge in [0, 0.05) is 28.4 Å². The lowest BCUT2D eigenvalue weighted by Crippen LogP contribution is -2.50. The molecule has 0 aliphatic heterocycles. The van der Waals surface area contributed by atoms with Crippen LogP contribution in [0.5, 0.6) is 0 Å². The molecule has 0 saturated heterocycles. The summed E-state index contributed by atoms with van der Waals surface area (Å²) in [6.45, 7) is 5.90. The van der Waals surface area contributed by atoms with Crippen molar-refractivity contribution in [1.82, 2.24) is 10.2 Å². The number of carbonyl (C=O) groups excluding carboxylic acids is 2. The lowest BCUT2D eigenvalue weighted by Gasteiger charge is -2.29. The van der Waals surface area contributed by atoms with Gasteiger partial charge in [0.25, 0.3) is 0 Å². The molecule has 0 aromatic heterocycles. The number of halogens is 4. The number of rotatable bonds is 10. The lowest BCUT2D eigenvalue weighted by atomic mass is 10.1. The normalized spacial score (nSPS) is 12.8. The first-order valence-electron chi connectivity index (χ1n) is 10.2. The van der Waals surface area contributed by atoms with Gasteiger partial charge in [-0.3, -0.25) is 9.59 Å². The van der Waals surface area contributed by atoms with Crippen LogP contribution in [-0.2, 0) is 21.9 Å². The molecule has 2 aromatic rings. The molecule has 0 aliphatic rings. The first-order chi connectivity index (χ1) is 15.1. The van der Waals surface area contributed by atoms with Crippen molar-refractivity contribution >= 4 is 70.0 Å². The van der Waals surface area contributed by atoms with Crippen LogP contribution < -0.4 is 5.32 Å². The fraction of sp³-hybridized carbons (Fsp3) is 0.391. The van der Waals surface area contributed by atoms with Crippen LogP contribution in [0.3, 0.4) is 0 Å². The highest BCUT2D eigenvalue weighted by Gasteiger charge is 2.27. The number of thioether (sulfide) groups is 1. The molecular weight excluding hydrogens is 510 g/mol. The molecule has 0 unspecified atom stereocenters. The third-order valence-corrected chi connectivity index (χ3v) is 7.30. The van der Waals surface area contributed by atoms with Crippen molar-refractivity contribution in [2.75, 3.05) is 5.75 Å². The Kier molecular flexibility index (Phi) is 11.0. The molecule has 2 rings (SSSR count). The molecule has 0 aliphatic carbocycles. The Bertz CT molecular complexity index is 958. The third kappa shape index (κ3) is 8.03. The molecule has 1 N–H and O–H groups in total. The Morgan fingerprint density at radius 2 is 1.72 bits per heavy atom. The summed E-state index contributed by atoms with van der Waals surface area (Å²) in [6.07, 6.45) is 0.802. The van der Waals surface area contributed by atoms with Crippen molar-refractivity contribution in [2.24, 2.45) is 0 Å². The maximum Gasteiger partial charge on any atom is 0.242 e. The van der Waals surface area contributed by atoms with Gasteiger partial charge in [-0.15, -0.1) is 11.8 Å². The van der Waals surface area contributed by atoms with Crippen LogP contribution in [0.2, 0.25) is 20.1 Å². The molecule has 0 fully saturated rings. The van der Waals surface area contributed by atoms with Crippen molar-refractivity contribution in [2.45, 2.75) is 51.6 Å². The minimum atomic E-state index is -0.648. The Labute approximate surface area is 213 Å². The van der Waals surface area contributed by atoms with Crippen LogP contribution in [0.15, 0.2) is 36.4 Å². The number of nitrogens with one attached hydrogen (secondary N) is 1. The number of nitrogens with zero attached hydrogens (tertiary/aromatic N) is 1. The van der Waals surface area contributed by atoms with Crippen LogP contribution in [-0.4, -0.2) is 34.6 Å². The maximum absolute atomic E-state index is 13.1. The predicted molar refractivity (Wildman–Crippen MR) is 137 cm³/mol. The SMILES string of the molecule is CC[C@H](C)NC(=O)[C@@H](C)N(Cc1ccc(Cl)c(Cl)c1)C(=O)CSCc1ccc(Cl)cc1Cl. The molecule has 4 nitrogen and oxygen atoms in total. The van der Waals surface area contributed by atoms with Crippen LogP contribution in [0.4, 0.5) is 0 Å². The topological polar surface area (TPSA) is 49.4 Å². The van der Waals surface area contributed by atoms with E-state index in [9.17, 15) is 9.59 Å². The highest BCUT2D eigenvalue weighted by atomic mass is 35.5.